The zero-order valence-corrected chi connectivity index (χ0v) is 12.9. The molecule has 0 bridgehead atoms. The Bertz CT molecular complexity index is 507. The highest BCUT2D eigenvalue weighted by Gasteiger charge is 2.06. The lowest BCUT2D eigenvalue weighted by atomic mass is 10.2. The zero-order chi connectivity index (χ0) is 13.7. The van der Waals surface area contributed by atoms with Crippen LogP contribution in [-0.2, 0) is 19.6 Å². The van der Waals surface area contributed by atoms with E-state index in [1.807, 2.05) is 19.2 Å². The van der Waals surface area contributed by atoms with Crippen molar-refractivity contribution in [3.8, 4) is 0 Å². The number of nitrogens with zero attached hydrogens (tertiary/aromatic N) is 1. The normalized spacial score (nSPS) is 11.2. The molecule has 0 aliphatic rings. The van der Waals surface area contributed by atoms with Crippen LogP contribution in [0.2, 0.25) is 0 Å². The number of hydrogen-bond donors (Lipinski definition) is 1. The second kappa shape index (κ2) is 6.89. The number of halogens is 1. The lowest BCUT2D eigenvalue weighted by Gasteiger charge is -2.15. The number of hydrogen-bond acceptors (Lipinski definition) is 3. The van der Waals surface area contributed by atoms with E-state index in [-0.39, 0.29) is 0 Å². The third-order valence-electron chi connectivity index (χ3n) is 2.86. The minimum absolute atomic E-state index is 0.774. The summed E-state index contributed by atoms with van der Waals surface area (Å²) < 4.78 is 6.85. The van der Waals surface area contributed by atoms with E-state index in [0.717, 1.165) is 35.6 Å². The van der Waals surface area contributed by atoms with Crippen molar-refractivity contribution in [2.45, 2.75) is 19.6 Å². The molecule has 0 saturated carbocycles. The van der Waals surface area contributed by atoms with Gasteiger partial charge in [-0.15, -0.1) is 0 Å². The summed E-state index contributed by atoms with van der Waals surface area (Å²) in [5.74, 6) is 1.99. The van der Waals surface area contributed by atoms with Crippen molar-refractivity contribution in [3.63, 3.8) is 0 Å². The summed E-state index contributed by atoms with van der Waals surface area (Å²) in [5.41, 5.74) is 1.30. The molecule has 0 radical (unpaired) electrons. The minimum Gasteiger partial charge on any atom is -0.463 e. The Balaban J connectivity index is 1.89. The summed E-state index contributed by atoms with van der Waals surface area (Å²) in [6.45, 7) is 2.51. The summed E-state index contributed by atoms with van der Waals surface area (Å²) in [6.07, 6.45) is 0. The number of furan rings is 1. The van der Waals surface area contributed by atoms with Gasteiger partial charge in [-0.2, -0.15) is 0 Å². The Morgan fingerprint density at radius 3 is 2.42 bits per heavy atom. The van der Waals surface area contributed by atoms with E-state index in [9.17, 15) is 0 Å². The molecule has 2 rings (SSSR count). The number of nitrogens with one attached hydrogen (secondary N) is 1. The molecule has 2 aromatic rings. The van der Waals surface area contributed by atoms with Crippen molar-refractivity contribution in [2.75, 3.05) is 14.1 Å². The molecule has 0 spiro atoms. The Kier molecular flexibility index (Phi) is 5.19. The topological polar surface area (TPSA) is 28.4 Å². The van der Waals surface area contributed by atoms with E-state index >= 15 is 0 Å². The molecule has 1 heterocycles. The van der Waals surface area contributed by atoms with Gasteiger partial charge in [0.15, 0.2) is 0 Å². The molecule has 4 heteroatoms. The quantitative estimate of drug-likeness (QED) is 0.883. The first-order chi connectivity index (χ1) is 9.17. The van der Waals surface area contributed by atoms with Crippen molar-refractivity contribution in [3.05, 3.63) is 58.0 Å². The van der Waals surface area contributed by atoms with Crippen LogP contribution in [0.3, 0.4) is 0 Å². The van der Waals surface area contributed by atoms with Gasteiger partial charge in [0.25, 0.3) is 0 Å². The SMILES string of the molecule is CNCc1ccc(CN(C)Cc2ccc(Br)cc2)o1. The second-order valence-corrected chi connectivity index (χ2v) is 5.61. The summed E-state index contributed by atoms with van der Waals surface area (Å²) in [6, 6.07) is 12.5. The van der Waals surface area contributed by atoms with Gasteiger partial charge in [0, 0.05) is 11.0 Å². The third kappa shape index (κ3) is 4.49. The van der Waals surface area contributed by atoms with Gasteiger partial charge >= 0.3 is 0 Å². The average Bonchev–Trinajstić information content (AvgIpc) is 2.80. The lowest BCUT2D eigenvalue weighted by Crippen LogP contribution is -2.16. The highest BCUT2D eigenvalue weighted by atomic mass is 79.9. The second-order valence-electron chi connectivity index (χ2n) is 4.70. The van der Waals surface area contributed by atoms with E-state index in [2.05, 4.69) is 57.5 Å². The maximum Gasteiger partial charge on any atom is 0.118 e. The van der Waals surface area contributed by atoms with Crippen LogP contribution in [0.15, 0.2) is 45.3 Å². The highest BCUT2D eigenvalue weighted by molar-refractivity contribution is 9.10. The Morgan fingerprint density at radius 1 is 1.05 bits per heavy atom. The first-order valence-electron chi connectivity index (χ1n) is 6.32. The maximum atomic E-state index is 5.74. The Morgan fingerprint density at radius 2 is 1.74 bits per heavy atom. The maximum absolute atomic E-state index is 5.74. The van der Waals surface area contributed by atoms with Gasteiger partial charge in [-0.3, -0.25) is 4.90 Å². The van der Waals surface area contributed by atoms with Gasteiger partial charge < -0.3 is 9.73 Å². The van der Waals surface area contributed by atoms with Gasteiger partial charge in [0.2, 0.25) is 0 Å². The largest absolute Gasteiger partial charge is 0.463 e. The molecule has 0 aliphatic heterocycles. The molecule has 1 aromatic carbocycles. The van der Waals surface area contributed by atoms with Gasteiger partial charge in [-0.1, -0.05) is 28.1 Å². The summed E-state index contributed by atoms with van der Waals surface area (Å²) >= 11 is 3.45. The van der Waals surface area contributed by atoms with Crippen molar-refractivity contribution < 1.29 is 4.42 Å². The van der Waals surface area contributed by atoms with Crippen molar-refractivity contribution in [1.29, 1.82) is 0 Å². The van der Waals surface area contributed by atoms with Crippen LogP contribution in [0.1, 0.15) is 17.1 Å². The fraction of sp³-hybridized carbons (Fsp3) is 0.333. The molecule has 0 amide bonds. The van der Waals surface area contributed by atoms with Gasteiger partial charge in [-0.05, 0) is 43.9 Å². The monoisotopic (exact) mass is 322 g/mol. The molecule has 0 fully saturated rings. The molecule has 0 saturated heterocycles. The molecular weight excluding hydrogens is 304 g/mol. The molecule has 1 aromatic heterocycles. The predicted molar refractivity (Wildman–Crippen MR) is 80.8 cm³/mol. The fourth-order valence-electron chi connectivity index (χ4n) is 2.00. The smallest absolute Gasteiger partial charge is 0.118 e. The third-order valence-corrected chi connectivity index (χ3v) is 3.39. The fourth-order valence-corrected chi connectivity index (χ4v) is 2.26. The number of rotatable bonds is 6. The Labute approximate surface area is 122 Å². The van der Waals surface area contributed by atoms with Gasteiger partial charge in [0.05, 0.1) is 13.1 Å². The molecule has 0 aliphatic carbocycles. The van der Waals surface area contributed by atoms with Crippen LogP contribution in [0, 0.1) is 0 Å². The van der Waals surface area contributed by atoms with E-state index in [1.165, 1.54) is 5.56 Å². The van der Waals surface area contributed by atoms with Crippen LogP contribution in [0.4, 0.5) is 0 Å². The molecule has 0 atom stereocenters. The lowest BCUT2D eigenvalue weighted by molar-refractivity contribution is 0.283. The molecular formula is C15H19BrN2O. The van der Waals surface area contributed by atoms with Crippen LogP contribution >= 0.6 is 15.9 Å². The van der Waals surface area contributed by atoms with E-state index in [1.54, 1.807) is 0 Å². The van der Waals surface area contributed by atoms with E-state index < -0.39 is 0 Å². The Hall–Kier alpha value is -1.10. The van der Waals surface area contributed by atoms with Gasteiger partial charge in [0.1, 0.15) is 11.5 Å². The highest BCUT2D eigenvalue weighted by Crippen LogP contribution is 2.14. The van der Waals surface area contributed by atoms with Crippen LogP contribution in [-0.4, -0.2) is 19.0 Å². The zero-order valence-electron chi connectivity index (χ0n) is 11.3. The van der Waals surface area contributed by atoms with Crippen LogP contribution < -0.4 is 5.32 Å². The van der Waals surface area contributed by atoms with E-state index in [0.29, 0.717) is 0 Å². The standard InChI is InChI=1S/C15H19BrN2O/c1-17-9-14-7-8-15(19-14)11-18(2)10-12-3-5-13(16)6-4-12/h3-8,17H,9-11H2,1-2H3. The minimum atomic E-state index is 0.774. The van der Waals surface area contributed by atoms with Crippen molar-refractivity contribution in [2.24, 2.45) is 0 Å². The summed E-state index contributed by atoms with van der Waals surface area (Å²) in [7, 11) is 4.02. The first kappa shape index (κ1) is 14.3. The predicted octanol–water partition coefficient (Wildman–Crippen LogP) is 3.39. The van der Waals surface area contributed by atoms with Crippen LogP contribution in [0.25, 0.3) is 0 Å². The summed E-state index contributed by atoms with van der Waals surface area (Å²) in [4.78, 5) is 2.24. The number of benzene rings is 1. The molecule has 3 nitrogen and oxygen atoms in total. The van der Waals surface area contributed by atoms with Gasteiger partial charge in [-0.25, -0.2) is 0 Å². The average molecular weight is 323 g/mol. The molecule has 102 valence electrons. The van der Waals surface area contributed by atoms with Crippen molar-refractivity contribution in [1.82, 2.24) is 10.2 Å². The van der Waals surface area contributed by atoms with Crippen molar-refractivity contribution >= 4 is 15.9 Å². The van der Waals surface area contributed by atoms with E-state index in [4.69, 9.17) is 4.42 Å². The van der Waals surface area contributed by atoms with Crippen LogP contribution in [0.5, 0.6) is 0 Å². The summed E-state index contributed by atoms with van der Waals surface area (Å²) in [5, 5.41) is 3.08. The molecule has 1 N–H and O–H groups in total. The molecule has 0 unspecified atom stereocenters. The molecule has 19 heavy (non-hydrogen) atoms. The first-order valence-corrected chi connectivity index (χ1v) is 7.12.